The van der Waals surface area contributed by atoms with Gasteiger partial charge in [-0.25, -0.2) is 4.98 Å². The zero-order valence-corrected chi connectivity index (χ0v) is 15.3. The molecule has 1 aromatic heterocycles. The van der Waals surface area contributed by atoms with E-state index >= 15 is 0 Å². The zero-order chi connectivity index (χ0) is 17.4. The number of hydrogen-bond donors (Lipinski definition) is 1. The van der Waals surface area contributed by atoms with E-state index in [0.29, 0.717) is 20.8 Å². The van der Waals surface area contributed by atoms with E-state index in [2.05, 4.69) is 10.3 Å². The number of halogens is 3. The van der Waals surface area contributed by atoms with Crippen LogP contribution >= 0.6 is 34.8 Å². The number of imidazole rings is 1. The van der Waals surface area contributed by atoms with Gasteiger partial charge in [0, 0.05) is 5.02 Å². The van der Waals surface area contributed by atoms with Gasteiger partial charge in [-0.2, -0.15) is 0 Å². The normalized spacial score (nSPS) is 11.0. The first-order valence-corrected chi connectivity index (χ1v) is 8.35. The molecule has 0 bridgehead atoms. The predicted octanol–water partition coefficient (Wildman–Crippen LogP) is 5.25. The maximum absolute atomic E-state index is 12.4. The summed E-state index contributed by atoms with van der Waals surface area (Å²) in [6.45, 7) is 4.17. The number of anilines is 1. The lowest BCUT2D eigenvalue weighted by Crippen LogP contribution is -2.18. The third kappa shape index (κ3) is 3.36. The Morgan fingerprint density at radius 2 is 1.71 bits per heavy atom. The van der Waals surface area contributed by atoms with Crippen molar-refractivity contribution in [3.8, 4) is 0 Å². The van der Waals surface area contributed by atoms with Crippen LogP contribution < -0.4 is 5.32 Å². The molecule has 4 nitrogen and oxygen atoms in total. The molecule has 2 aromatic carbocycles. The van der Waals surface area contributed by atoms with Gasteiger partial charge in [0.05, 0.1) is 33.1 Å². The van der Waals surface area contributed by atoms with Crippen LogP contribution in [0, 0.1) is 13.8 Å². The third-order valence-electron chi connectivity index (χ3n) is 3.82. The van der Waals surface area contributed by atoms with Crippen LogP contribution in [0.1, 0.15) is 11.1 Å². The maximum Gasteiger partial charge on any atom is 0.244 e. The molecular weight excluding hydrogens is 369 g/mol. The lowest BCUT2D eigenvalue weighted by Gasteiger charge is -2.11. The minimum absolute atomic E-state index is 0.105. The van der Waals surface area contributed by atoms with Gasteiger partial charge in [-0.15, -0.1) is 0 Å². The minimum atomic E-state index is -0.251. The Morgan fingerprint density at radius 1 is 1.08 bits per heavy atom. The first-order valence-electron chi connectivity index (χ1n) is 7.21. The fourth-order valence-corrected chi connectivity index (χ4v) is 3.35. The van der Waals surface area contributed by atoms with Crippen LogP contribution in [0.4, 0.5) is 5.69 Å². The number of rotatable bonds is 3. The molecule has 3 rings (SSSR count). The van der Waals surface area contributed by atoms with Crippen molar-refractivity contribution in [1.82, 2.24) is 9.55 Å². The smallest absolute Gasteiger partial charge is 0.244 e. The van der Waals surface area contributed by atoms with Crippen molar-refractivity contribution in [1.29, 1.82) is 0 Å². The highest BCUT2D eigenvalue weighted by Gasteiger charge is 2.13. The molecule has 3 aromatic rings. The van der Waals surface area contributed by atoms with Crippen molar-refractivity contribution in [3.63, 3.8) is 0 Å². The number of aromatic nitrogens is 2. The SMILES string of the molecule is Cc1cc2ncn(CC(=O)Nc3c(Cl)cc(Cl)cc3Cl)c2cc1C. The lowest BCUT2D eigenvalue weighted by molar-refractivity contribution is -0.116. The van der Waals surface area contributed by atoms with Crippen molar-refractivity contribution >= 4 is 57.4 Å². The molecule has 0 spiro atoms. The van der Waals surface area contributed by atoms with Crippen LogP contribution in [0.2, 0.25) is 15.1 Å². The zero-order valence-electron chi connectivity index (χ0n) is 13.0. The molecule has 0 radical (unpaired) electrons. The largest absolute Gasteiger partial charge is 0.322 e. The van der Waals surface area contributed by atoms with Crippen LogP contribution in [0.5, 0.6) is 0 Å². The average molecular weight is 383 g/mol. The molecule has 0 atom stereocenters. The van der Waals surface area contributed by atoms with Crippen LogP contribution in [0.15, 0.2) is 30.6 Å². The Hall–Kier alpha value is -1.75. The van der Waals surface area contributed by atoms with Crippen LogP contribution in [-0.4, -0.2) is 15.5 Å². The van der Waals surface area contributed by atoms with Gasteiger partial charge in [0.15, 0.2) is 0 Å². The molecule has 0 unspecified atom stereocenters. The molecular formula is C17H14Cl3N3O. The first-order chi connectivity index (χ1) is 11.3. The van der Waals surface area contributed by atoms with Gasteiger partial charge in [0.2, 0.25) is 5.91 Å². The summed E-state index contributed by atoms with van der Waals surface area (Å²) in [4.78, 5) is 16.7. The number of hydrogen-bond acceptors (Lipinski definition) is 2. The summed E-state index contributed by atoms with van der Waals surface area (Å²) in [5.41, 5.74) is 4.42. The number of carbonyl (C=O) groups excluding carboxylic acids is 1. The van der Waals surface area contributed by atoms with Gasteiger partial charge < -0.3 is 9.88 Å². The summed E-state index contributed by atoms with van der Waals surface area (Å²) in [7, 11) is 0. The molecule has 124 valence electrons. The molecule has 0 saturated carbocycles. The van der Waals surface area contributed by atoms with Crippen molar-refractivity contribution in [3.05, 3.63) is 56.8 Å². The average Bonchev–Trinajstić information content (AvgIpc) is 2.85. The highest BCUT2D eigenvalue weighted by Crippen LogP contribution is 2.33. The Labute approximate surface area is 154 Å². The molecule has 0 aliphatic heterocycles. The number of fused-ring (bicyclic) bond motifs is 1. The molecule has 0 fully saturated rings. The van der Waals surface area contributed by atoms with E-state index in [1.807, 2.05) is 26.0 Å². The number of amides is 1. The fraction of sp³-hybridized carbons (Fsp3) is 0.176. The minimum Gasteiger partial charge on any atom is -0.322 e. The fourth-order valence-electron chi connectivity index (χ4n) is 2.43. The van der Waals surface area contributed by atoms with Gasteiger partial charge in [0.25, 0.3) is 0 Å². The number of nitrogens with one attached hydrogen (secondary N) is 1. The monoisotopic (exact) mass is 381 g/mol. The van der Waals surface area contributed by atoms with Crippen molar-refractivity contribution in [2.24, 2.45) is 0 Å². The predicted molar refractivity (Wildman–Crippen MR) is 99.3 cm³/mol. The first kappa shape index (κ1) is 17.1. The Bertz CT molecular complexity index is 927. The molecule has 1 N–H and O–H groups in total. The summed E-state index contributed by atoms with van der Waals surface area (Å²) >= 11 is 18.1. The Morgan fingerprint density at radius 3 is 2.38 bits per heavy atom. The standard InChI is InChI=1S/C17H14Cl3N3O/c1-9-3-14-15(4-10(9)2)23(8-21-14)7-16(24)22-17-12(19)5-11(18)6-13(17)20/h3-6,8H,7H2,1-2H3,(H,22,24). The number of nitrogens with zero attached hydrogens (tertiary/aromatic N) is 2. The van der Waals surface area contributed by atoms with E-state index in [0.717, 1.165) is 22.2 Å². The number of aryl methyl sites for hydroxylation is 2. The summed E-state index contributed by atoms with van der Waals surface area (Å²) in [5.74, 6) is -0.251. The summed E-state index contributed by atoms with van der Waals surface area (Å²) in [5, 5.41) is 3.72. The molecule has 0 saturated heterocycles. The van der Waals surface area contributed by atoms with E-state index in [1.165, 1.54) is 12.1 Å². The van der Waals surface area contributed by atoms with Crippen LogP contribution in [0.3, 0.4) is 0 Å². The Kier molecular flexibility index (Phi) is 4.72. The summed E-state index contributed by atoms with van der Waals surface area (Å²) in [6.07, 6.45) is 1.65. The summed E-state index contributed by atoms with van der Waals surface area (Å²) in [6, 6.07) is 7.09. The molecule has 1 heterocycles. The molecule has 24 heavy (non-hydrogen) atoms. The highest BCUT2D eigenvalue weighted by atomic mass is 35.5. The van der Waals surface area contributed by atoms with Gasteiger partial charge >= 0.3 is 0 Å². The Balaban J connectivity index is 1.85. The van der Waals surface area contributed by atoms with Crippen molar-refractivity contribution < 1.29 is 4.79 Å². The molecule has 7 heteroatoms. The highest BCUT2D eigenvalue weighted by molar-refractivity contribution is 6.42. The maximum atomic E-state index is 12.4. The van der Waals surface area contributed by atoms with E-state index in [1.54, 1.807) is 10.9 Å². The van der Waals surface area contributed by atoms with Gasteiger partial charge in [-0.3, -0.25) is 4.79 Å². The van der Waals surface area contributed by atoms with E-state index < -0.39 is 0 Å². The van der Waals surface area contributed by atoms with Crippen molar-refractivity contribution in [2.45, 2.75) is 20.4 Å². The van der Waals surface area contributed by atoms with Crippen LogP contribution in [-0.2, 0) is 11.3 Å². The van der Waals surface area contributed by atoms with E-state index in [4.69, 9.17) is 34.8 Å². The second kappa shape index (κ2) is 6.63. The van der Waals surface area contributed by atoms with Gasteiger partial charge in [-0.1, -0.05) is 34.8 Å². The summed E-state index contributed by atoms with van der Waals surface area (Å²) < 4.78 is 1.79. The van der Waals surface area contributed by atoms with Gasteiger partial charge in [-0.05, 0) is 49.2 Å². The van der Waals surface area contributed by atoms with E-state index in [9.17, 15) is 4.79 Å². The van der Waals surface area contributed by atoms with Crippen LogP contribution in [0.25, 0.3) is 11.0 Å². The van der Waals surface area contributed by atoms with Gasteiger partial charge in [0.1, 0.15) is 6.54 Å². The number of benzene rings is 2. The molecule has 0 aliphatic rings. The second-order valence-electron chi connectivity index (χ2n) is 5.59. The quantitative estimate of drug-likeness (QED) is 0.672. The topological polar surface area (TPSA) is 46.9 Å². The lowest BCUT2D eigenvalue weighted by atomic mass is 10.1. The second-order valence-corrected chi connectivity index (χ2v) is 6.84. The van der Waals surface area contributed by atoms with Crippen molar-refractivity contribution in [2.75, 3.05) is 5.32 Å². The number of carbonyl (C=O) groups is 1. The molecule has 1 amide bonds. The molecule has 0 aliphatic carbocycles. The van der Waals surface area contributed by atoms with E-state index in [-0.39, 0.29) is 12.5 Å². The third-order valence-corrected chi connectivity index (χ3v) is 4.64.